The van der Waals surface area contributed by atoms with E-state index in [2.05, 4.69) is 29.5 Å². The lowest BCUT2D eigenvalue weighted by molar-refractivity contribution is 0.0497. The second kappa shape index (κ2) is 12.6. The van der Waals surface area contributed by atoms with Crippen LogP contribution in [0.2, 0.25) is 0 Å². The van der Waals surface area contributed by atoms with E-state index in [1.165, 1.54) is 22.8 Å². The van der Waals surface area contributed by atoms with E-state index in [9.17, 15) is 4.79 Å². The summed E-state index contributed by atoms with van der Waals surface area (Å²) in [4.78, 5) is 12.0. The minimum atomic E-state index is -0.279. The molecule has 2 aromatic carbocycles. The van der Waals surface area contributed by atoms with Crippen molar-refractivity contribution in [3.05, 3.63) is 57.7 Å². The Kier molecular flexibility index (Phi) is 10.0. The molecule has 0 spiro atoms. The Labute approximate surface area is 175 Å². The maximum absolute atomic E-state index is 12.0. The molecule has 5 heteroatoms. The molecule has 0 fully saturated rings. The number of rotatable bonds is 12. The molecule has 146 valence electrons. The van der Waals surface area contributed by atoms with Gasteiger partial charge in [-0.1, -0.05) is 32.6 Å². The first-order valence-corrected chi connectivity index (χ1v) is 10.6. The maximum Gasteiger partial charge on any atom is 0.338 e. The van der Waals surface area contributed by atoms with Crippen molar-refractivity contribution in [3.8, 4) is 11.5 Å². The molecule has 0 atom stereocenters. The van der Waals surface area contributed by atoms with E-state index >= 15 is 0 Å². The Hall–Kier alpha value is -1.76. The first-order chi connectivity index (χ1) is 13.2. The molecule has 0 aliphatic carbocycles. The normalized spacial score (nSPS) is 10.4. The standard InChI is InChI=1S/C22H27IO4/c1-2-3-4-5-6-15-27-22(24)18-7-11-20(12-8-18)25-16-17-26-21-13-9-19(23)10-14-21/h7-14H,2-6,15-17H2,1H3. The number of carbonyl (C=O) groups excluding carboxylic acids is 1. The van der Waals surface area contributed by atoms with E-state index in [0.29, 0.717) is 31.1 Å². The summed E-state index contributed by atoms with van der Waals surface area (Å²) in [6, 6.07) is 14.9. The Morgan fingerprint density at radius 2 is 1.33 bits per heavy atom. The molecule has 27 heavy (non-hydrogen) atoms. The third kappa shape index (κ3) is 8.65. The van der Waals surface area contributed by atoms with Crippen LogP contribution < -0.4 is 9.47 Å². The van der Waals surface area contributed by atoms with Crippen LogP contribution in [0.25, 0.3) is 0 Å². The highest BCUT2D eigenvalue weighted by Gasteiger charge is 2.07. The summed E-state index contributed by atoms with van der Waals surface area (Å²) in [5.74, 6) is 1.25. The summed E-state index contributed by atoms with van der Waals surface area (Å²) in [5, 5.41) is 0. The molecule has 0 saturated carbocycles. The summed E-state index contributed by atoms with van der Waals surface area (Å²) in [5.41, 5.74) is 0.547. The highest BCUT2D eigenvalue weighted by Crippen LogP contribution is 2.15. The van der Waals surface area contributed by atoms with Gasteiger partial charge in [0.05, 0.1) is 12.2 Å². The molecule has 0 N–H and O–H groups in total. The Morgan fingerprint density at radius 1 is 0.778 bits per heavy atom. The Balaban J connectivity index is 1.63. The first kappa shape index (κ1) is 21.5. The van der Waals surface area contributed by atoms with Crippen molar-refractivity contribution in [2.75, 3.05) is 19.8 Å². The lowest BCUT2D eigenvalue weighted by atomic mass is 10.2. The largest absolute Gasteiger partial charge is 0.490 e. The molecule has 0 saturated heterocycles. The number of hydrogen-bond acceptors (Lipinski definition) is 4. The fourth-order valence-electron chi connectivity index (χ4n) is 2.49. The molecule has 2 rings (SSSR count). The molecule has 2 aromatic rings. The average Bonchev–Trinajstić information content (AvgIpc) is 2.69. The fraction of sp³-hybridized carbons (Fsp3) is 0.409. The van der Waals surface area contributed by atoms with Gasteiger partial charge in [0.2, 0.25) is 0 Å². The lowest BCUT2D eigenvalue weighted by Crippen LogP contribution is -2.09. The van der Waals surface area contributed by atoms with Crippen LogP contribution in [0, 0.1) is 3.57 Å². The van der Waals surface area contributed by atoms with Crippen LogP contribution in [-0.2, 0) is 4.74 Å². The number of unbranched alkanes of at least 4 members (excludes halogenated alkanes) is 4. The molecule has 0 heterocycles. The third-order valence-electron chi connectivity index (χ3n) is 4.01. The number of halogens is 1. The number of esters is 1. The minimum Gasteiger partial charge on any atom is -0.490 e. The van der Waals surface area contributed by atoms with E-state index in [0.717, 1.165) is 18.6 Å². The van der Waals surface area contributed by atoms with Crippen LogP contribution in [-0.4, -0.2) is 25.8 Å². The van der Waals surface area contributed by atoms with Crippen molar-refractivity contribution in [1.82, 2.24) is 0 Å². The van der Waals surface area contributed by atoms with Crippen molar-refractivity contribution in [3.63, 3.8) is 0 Å². The van der Waals surface area contributed by atoms with Gasteiger partial charge in [-0.25, -0.2) is 4.79 Å². The lowest BCUT2D eigenvalue weighted by Gasteiger charge is -2.09. The zero-order chi connectivity index (χ0) is 19.3. The molecule has 0 bridgehead atoms. The zero-order valence-electron chi connectivity index (χ0n) is 15.8. The summed E-state index contributed by atoms with van der Waals surface area (Å²) >= 11 is 2.26. The van der Waals surface area contributed by atoms with E-state index in [-0.39, 0.29) is 5.97 Å². The summed E-state index contributed by atoms with van der Waals surface area (Å²) in [6.45, 7) is 3.57. The van der Waals surface area contributed by atoms with Gasteiger partial charge in [-0.3, -0.25) is 0 Å². The third-order valence-corrected chi connectivity index (χ3v) is 4.72. The molecular weight excluding hydrogens is 455 g/mol. The van der Waals surface area contributed by atoms with Gasteiger partial charge in [0.25, 0.3) is 0 Å². The predicted molar refractivity (Wildman–Crippen MR) is 116 cm³/mol. The van der Waals surface area contributed by atoms with Crippen LogP contribution in [0.1, 0.15) is 49.4 Å². The van der Waals surface area contributed by atoms with Crippen molar-refractivity contribution in [2.24, 2.45) is 0 Å². The van der Waals surface area contributed by atoms with E-state index in [4.69, 9.17) is 14.2 Å². The topological polar surface area (TPSA) is 44.8 Å². The van der Waals surface area contributed by atoms with Crippen molar-refractivity contribution >= 4 is 28.6 Å². The second-order valence-electron chi connectivity index (χ2n) is 6.23. The summed E-state index contributed by atoms with van der Waals surface area (Å²) < 4.78 is 17.7. The van der Waals surface area contributed by atoms with Crippen molar-refractivity contribution in [1.29, 1.82) is 0 Å². The smallest absolute Gasteiger partial charge is 0.338 e. The molecule has 4 nitrogen and oxygen atoms in total. The summed E-state index contributed by atoms with van der Waals surface area (Å²) in [6.07, 6.45) is 5.69. The maximum atomic E-state index is 12.0. The van der Waals surface area contributed by atoms with Gasteiger partial charge in [-0.15, -0.1) is 0 Å². The Morgan fingerprint density at radius 3 is 1.93 bits per heavy atom. The molecule has 0 aliphatic rings. The van der Waals surface area contributed by atoms with Gasteiger partial charge >= 0.3 is 5.97 Å². The first-order valence-electron chi connectivity index (χ1n) is 9.47. The number of benzene rings is 2. The minimum absolute atomic E-state index is 0.279. The Bertz CT molecular complexity index is 668. The fourth-order valence-corrected chi connectivity index (χ4v) is 2.85. The van der Waals surface area contributed by atoms with Gasteiger partial charge in [0.1, 0.15) is 24.7 Å². The molecule has 0 aliphatic heterocycles. The van der Waals surface area contributed by atoms with Crippen LogP contribution in [0.5, 0.6) is 11.5 Å². The van der Waals surface area contributed by atoms with Crippen LogP contribution >= 0.6 is 22.6 Å². The van der Waals surface area contributed by atoms with Gasteiger partial charge in [0, 0.05) is 3.57 Å². The van der Waals surface area contributed by atoms with Crippen LogP contribution in [0.3, 0.4) is 0 Å². The highest BCUT2D eigenvalue weighted by molar-refractivity contribution is 14.1. The number of ether oxygens (including phenoxy) is 3. The van der Waals surface area contributed by atoms with Gasteiger partial charge in [-0.2, -0.15) is 0 Å². The molecular formula is C22H27IO4. The molecule has 0 aromatic heterocycles. The van der Waals surface area contributed by atoms with Crippen molar-refractivity contribution in [2.45, 2.75) is 39.0 Å². The van der Waals surface area contributed by atoms with Gasteiger partial charge in [0.15, 0.2) is 0 Å². The quantitative estimate of drug-likeness (QED) is 0.216. The van der Waals surface area contributed by atoms with Crippen LogP contribution in [0.15, 0.2) is 48.5 Å². The monoisotopic (exact) mass is 482 g/mol. The zero-order valence-corrected chi connectivity index (χ0v) is 17.9. The SMILES string of the molecule is CCCCCCCOC(=O)c1ccc(OCCOc2ccc(I)cc2)cc1. The number of hydrogen-bond donors (Lipinski definition) is 0. The second-order valence-corrected chi connectivity index (χ2v) is 7.47. The van der Waals surface area contributed by atoms with E-state index in [1.807, 2.05) is 24.3 Å². The molecule has 0 unspecified atom stereocenters. The average molecular weight is 482 g/mol. The van der Waals surface area contributed by atoms with Gasteiger partial charge in [-0.05, 0) is 77.5 Å². The van der Waals surface area contributed by atoms with Crippen molar-refractivity contribution < 1.29 is 19.0 Å². The molecule has 0 radical (unpaired) electrons. The predicted octanol–water partition coefficient (Wildman–Crippen LogP) is 5.88. The molecule has 0 amide bonds. The number of carbonyl (C=O) groups is 1. The highest BCUT2D eigenvalue weighted by atomic mass is 127. The van der Waals surface area contributed by atoms with E-state index in [1.54, 1.807) is 24.3 Å². The van der Waals surface area contributed by atoms with Gasteiger partial charge < -0.3 is 14.2 Å². The van der Waals surface area contributed by atoms with Crippen LogP contribution in [0.4, 0.5) is 0 Å². The van der Waals surface area contributed by atoms with E-state index < -0.39 is 0 Å². The summed E-state index contributed by atoms with van der Waals surface area (Å²) in [7, 11) is 0.